The van der Waals surface area contributed by atoms with Gasteiger partial charge in [-0.15, -0.1) is 3.89 Å². The third-order valence-electron chi connectivity index (χ3n) is 2.86. The Morgan fingerprint density at radius 1 is 1.28 bits per heavy atom. The zero-order chi connectivity index (χ0) is 13.3. The van der Waals surface area contributed by atoms with E-state index in [4.69, 9.17) is 0 Å². The van der Waals surface area contributed by atoms with E-state index in [0.29, 0.717) is 5.56 Å². The van der Waals surface area contributed by atoms with E-state index >= 15 is 0 Å². The fraction of sp³-hybridized carbons (Fsp3) is 0.364. The van der Waals surface area contributed by atoms with E-state index in [1.54, 1.807) is 0 Å². The molecule has 7 heteroatoms. The molecule has 2 rings (SSSR count). The first-order valence-electron chi connectivity index (χ1n) is 5.32. The van der Waals surface area contributed by atoms with Gasteiger partial charge < -0.3 is 4.90 Å². The van der Waals surface area contributed by atoms with Gasteiger partial charge >= 0.3 is 10.2 Å². The minimum Gasteiger partial charge on any atom is -0.337 e. The molecule has 1 saturated heterocycles. The van der Waals surface area contributed by atoms with Crippen LogP contribution in [0, 0.1) is 5.82 Å². The molecule has 1 aliphatic rings. The van der Waals surface area contributed by atoms with Crippen LogP contribution in [0.15, 0.2) is 24.3 Å². The number of hydrogen-bond donors (Lipinski definition) is 0. The molecule has 0 saturated carbocycles. The van der Waals surface area contributed by atoms with Gasteiger partial charge in [0.25, 0.3) is 0 Å². The summed E-state index contributed by atoms with van der Waals surface area (Å²) in [4.78, 5) is 12.8. The summed E-state index contributed by atoms with van der Waals surface area (Å²) in [6, 6.07) is 5.50. The molecule has 4 nitrogen and oxygen atoms in total. The first kappa shape index (κ1) is 12.9. The van der Waals surface area contributed by atoms with E-state index in [-0.39, 0.29) is 19.5 Å². The van der Waals surface area contributed by atoms with Gasteiger partial charge in [0.2, 0.25) is 5.91 Å². The highest BCUT2D eigenvalue weighted by Crippen LogP contribution is 2.21. The van der Waals surface area contributed by atoms with Crippen molar-refractivity contribution in [3.63, 3.8) is 0 Å². The standard InChI is InChI=1S/C11H11F2NO3S/c12-9-3-1-8(2-4-9)6-14-7-10(5-11(14)15)18(13,16)17/h1-4,10H,5-7H2. The van der Waals surface area contributed by atoms with E-state index < -0.39 is 27.2 Å². The van der Waals surface area contributed by atoms with Gasteiger partial charge in [0.1, 0.15) is 11.1 Å². The van der Waals surface area contributed by atoms with E-state index in [9.17, 15) is 21.5 Å². The summed E-state index contributed by atoms with van der Waals surface area (Å²) in [5, 5.41) is -1.29. The summed E-state index contributed by atoms with van der Waals surface area (Å²) in [6.45, 7) is 0.000175. The lowest BCUT2D eigenvalue weighted by Gasteiger charge is -2.15. The van der Waals surface area contributed by atoms with Gasteiger partial charge in [-0.3, -0.25) is 4.79 Å². The van der Waals surface area contributed by atoms with Crippen LogP contribution in [-0.2, 0) is 21.6 Å². The number of rotatable bonds is 3. The Morgan fingerprint density at radius 2 is 1.89 bits per heavy atom. The number of carbonyl (C=O) groups excluding carboxylic acids is 1. The van der Waals surface area contributed by atoms with Crippen LogP contribution < -0.4 is 0 Å². The van der Waals surface area contributed by atoms with Gasteiger partial charge in [-0.25, -0.2) is 4.39 Å². The van der Waals surface area contributed by atoms with Crippen molar-refractivity contribution in [2.24, 2.45) is 0 Å². The van der Waals surface area contributed by atoms with Gasteiger partial charge in [0.15, 0.2) is 0 Å². The third-order valence-corrected chi connectivity index (χ3v) is 3.98. The fourth-order valence-corrected chi connectivity index (χ4v) is 2.59. The quantitative estimate of drug-likeness (QED) is 0.780. The smallest absolute Gasteiger partial charge is 0.307 e. The molecule has 0 radical (unpaired) electrons. The van der Waals surface area contributed by atoms with Crippen LogP contribution in [0.4, 0.5) is 8.28 Å². The highest BCUT2D eigenvalue weighted by atomic mass is 32.3. The van der Waals surface area contributed by atoms with E-state index in [2.05, 4.69) is 0 Å². The molecule has 0 aromatic heterocycles. The Kier molecular flexibility index (Phi) is 3.34. The Bertz CT molecular complexity index is 556. The fourth-order valence-electron chi connectivity index (χ4n) is 1.89. The highest BCUT2D eigenvalue weighted by Gasteiger charge is 2.38. The average Bonchev–Trinajstić information content (AvgIpc) is 2.63. The summed E-state index contributed by atoms with van der Waals surface area (Å²) in [5.41, 5.74) is 0.668. The number of benzene rings is 1. The number of carbonyl (C=O) groups is 1. The summed E-state index contributed by atoms with van der Waals surface area (Å²) in [7, 11) is -4.69. The number of amides is 1. The molecule has 0 aliphatic carbocycles. The molecule has 1 atom stereocenters. The second-order valence-corrected chi connectivity index (χ2v) is 5.82. The Morgan fingerprint density at radius 3 is 2.39 bits per heavy atom. The largest absolute Gasteiger partial charge is 0.337 e. The minimum atomic E-state index is -4.69. The van der Waals surface area contributed by atoms with Crippen LogP contribution >= 0.6 is 0 Å². The maximum Gasteiger partial charge on any atom is 0.307 e. The van der Waals surface area contributed by atoms with Crippen molar-refractivity contribution in [2.75, 3.05) is 6.54 Å². The van der Waals surface area contributed by atoms with Gasteiger partial charge in [-0.05, 0) is 17.7 Å². The second kappa shape index (κ2) is 4.64. The lowest BCUT2D eigenvalue weighted by molar-refractivity contribution is -0.128. The van der Waals surface area contributed by atoms with Crippen LogP contribution in [0.25, 0.3) is 0 Å². The summed E-state index contributed by atoms with van der Waals surface area (Å²) < 4.78 is 46.9. The van der Waals surface area contributed by atoms with E-state index in [0.717, 1.165) is 0 Å². The molecule has 1 fully saturated rings. The maximum atomic E-state index is 12.8. The van der Waals surface area contributed by atoms with Crippen molar-refractivity contribution < 1.29 is 21.5 Å². The molecule has 0 spiro atoms. The number of hydrogen-bond acceptors (Lipinski definition) is 3. The number of nitrogens with zero attached hydrogens (tertiary/aromatic N) is 1. The van der Waals surface area contributed by atoms with Gasteiger partial charge in [-0.2, -0.15) is 8.42 Å². The van der Waals surface area contributed by atoms with Crippen molar-refractivity contribution in [3.05, 3.63) is 35.6 Å². The molecular formula is C11H11F2NO3S. The monoisotopic (exact) mass is 275 g/mol. The van der Waals surface area contributed by atoms with Crippen molar-refractivity contribution in [2.45, 2.75) is 18.2 Å². The first-order chi connectivity index (χ1) is 8.36. The lowest BCUT2D eigenvalue weighted by Crippen LogP contribution is -2.26. The molecule has 18 heavy (non-hydrogen) atoms. The molecule has 1 amide bonds. The Balaban J connectivity index is 2.07. The first-order valence-corrected chi connectivity index (χ1v) is 6.76. The second-order valence-electron chi connectivity index (χ2n) is 4.20. The SMILES string of the molecule is O=C1CC(S(=O)(=O)F)CN1Cc1ccc(F)cc1. The molecule has 98 valence electrons. The van der Waals surface area contributed by atoms with Crippen LogP contribution in [0.5, 0.6) is 0 Å². The summed E-state index contributed by atoms with van der Waals surface area (Å²) in [5.74, 6) is -0.804. The molecular weight excluding hydrogens is 264 g/mol. The predicted molar refractivity (Wildman–Crippen MR) is 60.2 cm³/mol. The maximum absolute atomic E-state index is 12.8. The summed E-state index contributed by atoms with van der Waals surface area (Å²) in [6.07, 6.45) is -0.333. The number of likely N-dealkylation sites (tertiary alicyclic amines) is 1. The normalized spacial score (nSPS) is 20.4. The molecule has 0 N–H and O–H groups in total. The van der Waals surface area contributed by atoms with Crippen LogP contribution in [0.1, 0.15) is 12.0 Å². The van der Waals surface area contributed by atoms with Crippen molar-refractivity contribution in [3.8, 4) is 0 Å². The lowest BCUT2D eigenvalue weighted by atomic mass is 10.2. The average molecular weight is 275 g/mol. The van der Waals surface area contributed by atoms with Crippen molar-refractivity contribution in [1.82, 2.24) is 4.90 Å². The zero-order valence-electron chi connectivity index (χ0n) is 9.34. The van der Waals surface area contributed by atoms with Crippen molar-refractivity contribution >= 4 is 16.1 Å². The molecule has 0 bridgehead atoms. The van der Waals surface area contributed by atoms with Crippen LogP contribution in [0.2, 0.25) is 0 Å². The van der Waals surface area contributed by atoms with Gasteiger partial charge in [0, 0.05) is 19.5 Å². The molecule has 1 aliphatic heterocycles. The molecule has 1 aromatic carbocycles. The van der Waals surface area contributed by atoms with Gasteiger partial charge in [-0.1, -0.05) is 12.1 Å². The van der Waals surface area contributed by atoms with Crippen LogP contribution in [-0.4, -0.2) is 31.0 Å². The molecule has 1 aromatic rings. The topological polar surface area (TPSA) is 54.5 Å². The van der Waals surface area contributed by atoms with E-state index in [1.165, 1.54) is 29.2 Å². The Hall–Kier alpha value is -1.50. The predicted octanol–water partition coefficient (Wildman–Crippen LogP) is 1.23. The van der Waals surface area contributed by atoms with E-state index in [1.807, 2.05) is 0 Å². The minimum absolute atomic E-state index is 0.158. The Labute approximate surface area is 103 Å². The van der Waals surface area contributed by atoms with Crippen molar-refractivity contribution in [1.29, 1.82) is 0 Å². The third kappa shape index (κ3) is 2.84. The molecule has 1 unspecified atom stereocenters. The number of halogens is 2. The zero-order valence-corrected chi connectivity index (χ0v) is 10.2. The van der Waals surface area contributed by atoms with Gasteiger partial charge in [0.05, 0.1) is 0 Å². The van der Waals surface area contributed by atoms with Crippen LogP contribution in [0.3, 0.4) is 0 Å². The highest BCUT2D eigenvalue weighted by molar-refractivity contribution is 7.87. The molecule has 1 heterocycles. The summed E-state index contributed by atoms with van der Waals surface area (Å²) >= 11 is 0.